The summed E-state index contributed by atoms with van der Waals surface area (Å²) in [6.45, 7) is 0.940. The van der Waals surface area contributed by atoms with E-state index >= 15 is 0 Å². The van der Waals surface area contributed by atoms with Crippen LogP contribution >= 0.6 is 11.6 Å². The van der Waals surface area contributed by atoms with Crippen molar-refractivity contribution >= 4 is 17.3 Å². The Morgan fingerprint density at radius 1 is 0.882 bits per heavy atom. The standard InChI is InChI=1S/C15H16ClN/c16-12-14-7-4-8-15(11-14)17-10-9-13-5-2-1-3-6-13/h1-8,11,17H,9-10,12H2. The molecule has 1 nitrogen and oxygen atoms in total. The molecule has 0 aliphatic carbocycles. The van der Waals surface area contributed by atoms with Gasteiger partial charge in [-0.2, -0.15) is 0 Å². The molecule has 0 radical (unpaired) electrons. The van der Waals surface area contributed by atoms with Gasteiger partial charge in [-0.05, 0) is 29.7 Å². The SMILES string of the molecule is ClCc1cccc(NCCc2ccccc2)c1. The number of hydrogen-bond donors (Lipinski definition) is 1. The quantitative estimate of drug-likeness (QED) is 0.783. The molecule has 0 saturated carbocycles. The molecule has 0 aromatic heterocycles. The van der Waals surface area contributed by atoms with Crippen LogP contribution in [0, 0.1) is 0 Å². The van der Waals surface area contributed by atoms with Crippen LogP contribution in [0.25, 0.3) is 0 Å². The Morgan fingerprint density at radius 3 is 2.41 bits per heavy atom. The Bertz CT molecular complexity index is 453. The predicted molar refractivity (Wildman–Crippen MR) is 74.6 cm³/mol. The second kappa shape index (κ2) is 6.31. The second-order valence-electron chi connectivity index (χ2n) is 4.00. The summed E-state index contributed by atoms with van der Waals surface area (Å²) in [5.74, 6) is 0.564. The summed E-state index contributed by atoms with van der Waals surface area (Å²) in [6, 6.07) is 18.7. The molecule has 0 saturated heterocycles. The number of halogens is 1. The summed E-state index contributed by atoms with van der Waals surface area (Å²) in [7, 11) is 0. The summed E-state index contributed by atoms with van der Waals surface area (Å²) in [5, 5.41) is 3.41. The van der Waals surface area contributed by atoms with Gasteiger partial charge in [-0.25, -0.2) is 0 Å². The van der Waals surface area contributed by atoms with Crippen molar-refractivity contribution in [3.8, 4) is 0 Å². The van der Waals surface area contributed by atoms with Gasteiger partial charge in [-0.15, -0.1) is 11.6 Å². The molecule has 0 fully saturated rings. The van der Waals surface area contributed by atoms with E-state index in [9.17, 15) is 0 Å². The van der Waals surface area contributed by atoms with E-state index in [0.29, 0.717) is 5.88 Å². The largest absolute Gasteiger partial charge is 0.385 e. The third-order valence-corrected chi connectivity index (χ3v) is 2.98. The van der Waals surface area contributed by atoms with E-state index in [0.717, 1.165) is 24.2 Å². The van der Waals surface area contributed by atoms with E-state index in [1.165, 1.54) is 5.56 Å². The van der Waals surface area contributed by atoms with Gasteiger partial charge in [0.2, 0.25) is 0 Å². The highest BCUT2D eigenvalue weighted by molar-refractivity contribution is 6.17. The summed E-state index contributed by atoms with van der Waals surface area (Å²) >= 11 is 5.80. The first-order chi connectivity index (χ1) is 8.38. The fourth-order valence-corrected chi connectivity index (χ4v) is 1.93. The molecule has 0 amide bonds. The Kier molecular flexibility index (Phi) is 4.45. The Labute approximate surface area is 107 Å². The van der Waals surface area contributed by atoms with Crippen LogP contribution in [0.1, 0.15) is 11.1 Å². The monoisotopic (exact) mass is 245 g/mol. The summed E-state index contributed by atoms with van der Waals surface area (Å²) in [4.78, 5) is 0. The molecule has 0 aliphatic rings. The lowest BCUT2D eigenvalue weighted by atomic mass is 10.1. The van der Waals surface area contributed by atoms with Crippen LogP contribution in [0.15, 0.2) is 54.6 Å². The Hall–Kier alpha value is -1.47. The molecule has 2 rings (SSSR count). The fraction of sp³-hybridized carbons (Fsp3) is 0.200. The highest BCUT2D eigenvalue weighted by atomic mass is 35.5. The van der Waals surface area contributed by atoms with Crippen molar-refractivity contribution in [2.75, 3.05) is 11.9 Å². The van der Waals surface area contributed by atoms with Crippen molar-refractivity contribution in [2.24, 2.45) is 0 Å². The van der Waals surface area contributed by atoms with E-state index in [2.05, 4.69) is 41.7 Å². The van der Waals surface area contributed by atoms with Gasteiger partial charge in [0.1, 0.15) is 0 Å². The highest BCUT2D eigenvalue weighted by Gasteiger charge is 1.95. The minimum atomic E-state index is 0.564. The molecule has 0 atom stereocenters. The average Bonchev–Trinajstić information content (AvgIpc) is 2.40. The van der Waals surface area contributed by atoms with Crippen LogP contribution < -0.4 is 5.32 Å². The smallest absolute Gasteiger partial charge is 0.0474 e. The number of benzene rings is 2. The fourth-order valence-electron chi connectivity index (χ4n) is 1.76. The lowest BCUT2D eigenvalue weighted by molar-refractivity contribution is 1.02. The van der Waals surface area contributed by atoms with E-state index in [4.69, 9.17) is 11.6 Å². The maximum absolute atomic E-state index is 5.80. The van der Waals surface area contributed by atoms with Crippen molar-refractivity contribution in [3.05, 3.63) is 65.7 Å². The number of anilines is 1. The van der Waals surface area contributed by atoms with Crippen molar-refractivity contribution in [1.82, 2.24) is 0 Å². The van der Waals surface area contributed by atoms with Gasteiger partial charge >= 0.3 is 0 Å². The van der Waals surface area contributed by atoms with Crippen molar-refractivity contribution in [2.45, 2.75) is 12.3 Å². The average molecular weight is 246 g/mol. The van der Waals surface area contributed by atoms with Crippen LogP contribution in [0.4, 0.5) is 5.69 Å². The summed E-state index contributed by atoms with van der Waals surface area (Å²) < 4.78 is 0. The van der Waals surface area contributed by atoms with Gasteiger partial charge in [-0.3, -0.25) is 0 Å². The van der Waals surface area contributed by atoms with Crippen molar-refractivity contribution < 1.29 is 0 Å². The molecule has 0 bridgehead atoms. The zero-order valence-corrected chi connectivity index (χ0v) is 10.5. The van der Waals surface area contributed by atoms with Crippen LogP contribution in [-0.4, -0.2) is 6.54 Å². The van der Waals surface area contributed by atoms with Gasteiger partial charge < -0.3 is 5.32 Å². The molecule has 0 unspecified atom stereocenters. The van der Waals surface area contributed by atoms with Gasteiger partial charge in [-0.1, -0.05) is 42.5 Å². The maximum Gasteiger partial charge on any atom is 0.0474 e. The zero-order chi connectivity index (χ0) is 11.9. The predicted octanol–water partition coefficient (Wildman–Crippen LogP) is 4.08. The Balaban J connectivity index is 1.86. The van der Waals surface area contributed by atoms with Crippen molar-refractivity contribution in [1.29, 1.82) is 0 Å². The van der Waals surface area contributed by atoms with Gasteiger partial charge in [0.05, 0.1) is 0 Å². The molecule has 17 heavy (non-hydrogen) atoms. The molecule has 1 N–H and O–H groups in total. The van der Waals surface area contributed by atoms with Crippen LogP contribution in [0.3, 0.4) is 0 Å². The number of rotatable bonds is 5. The summed E-state index contributed by atoms with van der Waals surface area (Å²) in [6.07, 6.45) is 1.03. The highest BCUT2D eigenvalue weighted by Crippen LogP contribution is 2.12. The number of hydrogen-bond acceptors (Lipinski definition) is 1. The first-order valence-corrected chi connectivity index (χ1v) is 6.34. The lowest BCUT2D eigenvalue weighted by Crippen LogP contribution is -2.04. The molecule has 0 spiro atoms. The molecule has 2 heteroatoms. The zero-order valence-electron chi connectivity index (χ0n) is 9.70. The summed E-state index contributed by atoms with van der Waals surface area (Å²) in [5.41, 5.74) is 3.64. The van der Waals surface area contributed by atoms with E-state index in [1.54, 1.807) is 0 Å². The second-order valence-corrected chi connectivity index (χ2v) is 4.26. The van der Waals surface area contributed by atoms with E-state index in [-0.39, 0.29) is 0 Å². The van der Waals surface area contributed by atoms with Gasteiger partial charge in [0, 0.05) is 18.1 Å². The van der Waals surface area contributed by atoms with E-state index in [1.807, 2.05) is 18.2 Å². The molecule has 88 valence electrons. The van der Waals surface area contributed by atoms with Gasteiger partial charge in [0.25, 0.3) is 0 Å². The number of nitrogens with one attached hydrogen (secondary N) is 1. The third kappa shape index (κ3) is 3.79. The Morgan fingerprint density at radius 2 is 1.65 bits per heavy atom. The lowest BCUT2D eigenvalue weighted by Gasteiger charge is -2.07. The van der Waals surface area contributed by atoms with Crippen molar-refractivity contribution in [3.63, 3.8) is 0 Å². The van der Waals surface area contributed by atoms with Crippen LogP contribution in [0.2, 0.25) is 0 Å². The molecule has 2 aromatic carbocycles. The topological polar surface area (TPSA) is 12.0 Å². The first kappa shape index (κ1) is 12.0. The van der Waals surface area contributed by atoms with E-state index < -0.39 is 0 Å². The molecular formula is C15H16ClN. The minimum absolute atomic E-state index is 0.564. The normalized spacial score (nSPS) is 10.2. The maximum atomic E-state index is 5.80. The minimum Gasteiger partial charge on any atom is -0.385 e. The number of alkyl halides is 1. The molecule has 0 heterocycles. The van der Waals surface area contributed by atoms with Gasteiger partial charge in [0.15, 0.2) is 0 Å². The molecular weight excluding hydrogens is 230 g/mol. The molecule has 2 aromatic rings. The van der Waals surface area contributed by atoms with Crippen LogP contribution in [-0.2, 0) is 12.3 Å². The first-order valence-electron chi connectivity index (χ1n) is 5.81. The van der Waals surface area contributed by atoms with Crippen LogP contribution in [0.5, 0.6) is 0 Å². The third-order valence-electron chi connectivity index (χ3n) is 2.67. The molecule has 0 aliphatic heterocycles.